The monoisotopic (exact) mass is 578 g/mol. The first-order valence-corrected chi connectivity index (χ1v) is 12.2. The van der Waals surface area contributed by atoms with E-state index in [1.54, 1.807) is 91.0 Å². The van der Waals surface area contributed by atoms with Crippen LogP contribution in [-0.4, -0.2) is 24.4 Å². The molecule has 1 N–H and O–H groups in total. The van der Waals surface area contributed by atoms with E-state index < -0.39 is 18.2 Å². The molecule has 0 atom stereocenters. The number of para-hydroxylation sites is 2. The van der Waals surface area contributed by atoms with Crippen LogP contribution in [0.4, 0.5) is 0 Å². The molecule has 0 radical (unpaired) electrons. The Morgan fingerprint density at radius 1 is 0.838 bits per heavy atom. The number of nitrogens with one attached hydrogen (secondary N) is 1. The van der Waals surface area contributed by atoms with Gasteiger partial charge in [0.1, 0.15) is 17.2 Å². The quantitative estimate of drug-likeness (QED) is 0.0832. The van der Waals surface area contributed by atoms with Crippen LogP contribution < -0.4 is 19.6 Å². The number of amides is 1. The third-order valence-corrected chi connectivity index (χ3v) is 5.66. The normalized spacial score (nSPS) is 10.8. The van der Waals surface area contributed by atoms with E-state index in [2.05, 4.69) is 26.5 Å². The molecule has 0 aliphatic heterocycles. The van der Waals surface area contributed by atoms with E-state index >= 15 is 0 Å². The Morgan fingerprint density at radius 2 is 1.43 bits per heavy atom. The van der Waals surface area contributed by atoms with Crippen LogP contribution in [0.15, 0.2) is 113 Å². The number of hydrazone groups is 1. The van der Waals surface area contributed by atoms with Gasteiger partial charge >= 0.3 is 18.2 Å². The van der Waals surface area contributed by atoms with Crippen LogP contribution in [0.25, 0.3) is 0 Å². The molecule has 9 heteroatoms. The molecule has 4 aromatic rings. The molecule has 7 nitrogen and oxygen atoms in total. The second kappa shape index (κ2) is 12.7. The lowest BCUT2D eigenvalue weighted by Crippen LogP contribution is -2.40. The van der Waals surface area contributed by atoms with Crippen molar-refractivity contribution < 1.29 is 23.8 Å². The van der Waals surface area contributed by atoms with Crippen molar-refractivity contribution in [1.82, 2.24) is 5.43 Å². The lowest BCUT2D eigenvalue weighted by Gasteiger charge is -2.18. The van der Waals surface area contributed by atoms with Crippen LogP contribution in [0.2, 0.25) is 5.02 Å². The fourth-order valence-corrected chi connectivity index (χ4v) is 3.68. The molecule has 0 heterocycles. The zero-order valence-corrected chi connectivity index (χ0v) is 21.6. The minimum atomic E-state index is -1.32. The maximum absolute atomic E-state index is 12.9. The Balaban J connectivity index is 1.49. The number of esters is 1. The third-order valence-electron chi connectivity index (χ3n) is 4.83. The third kappa shape index (κ3) is 7.42. The number of nitrogens with zero attached hydrogens (tertiary/aromatic N) is 1. The van der Waals surface area contributed by atoms with Gasteiger partial charge in [0.15, 0.2) is 0 Å². The highest BCUT2D eigenvalue weighted by atomic mass is 79.9. The molecule has 0 saturated heterocycles. The molecule has 0 fully saturated rings. The molecule has 1 amide bonds. The summed E-state index contributed by atoms with van der Waals surface area (Å²) in [7, 11) is 0. The van der Waals surface area contributed by atoms with Gasteiger partial charge in [0.05, 0.1) is 16.8 Å². The van der Waals surface area contributed by atoms with Gasteiger partial charge in [0.25, 0.3) is 0 Å². The van der Waals surface area contributed by atoms with Crippen molar-refractivity contribution in [2.45, 2.75) is 6.29 Å². The van der Waals surface area contributed by atoms with Gasteiger partial charge in [-0.3, -0.25) is 4.79 Å². The SMILES string of the molecule is O=C(Oc1ccc(Br)cc1/C=N\NC(=O)C(Oc1ccccc1)Oc1ccccc1)c1ccccc1Cl. The van der Waals surface area contributed by atoms with Gasteiger partial charge in [-0.1, -0.05) is 76.1 Å². The van der Waals surface area contributed by atoms with Crippen LogP contribution in [0, 0.1) is 0 Å². The average Bonchev–Trinajstić information content (AvgIpc) is 2.91. The van der Waals surface area contributed by atoms with Crippen molar-refractivity contribution in [3.05, 3.63) is 124 Å². The molecule has 4 aromatic carbocycles. The summed E-state index contributed by atoms with van der Waals surface area (Å²) >= 11 is 9.50. The minimum absolute atomic E-state index is 0.224. The van der Waals surface area contributed by atoms with Crippen LogP contribution in [0.1, 0.15) is 15.9 Å². The molecule has 0 aliphatic carbocycles. The Bertz CT molecular complexity index is 1360. The number of hydrogen-bond acceptors (Lipinski definition) is 6. The number of carbonyl (C=O) groups is 2. The Hall–Kier alpha value is -4.14. The first kappa shape index (κ1) is 25.9. The lowest BCUT2D eigenvalue weighted by atomic mass is 10.2. The molecule has 0 aliphatic rings. The van der Waals surface area contributed by atoms with E-state index in [4.69, 9.17) is 25.8 Å². The Kier molecular flexibility index (Phi) is 8.91. The summed E-state index contributed by atoms with van der Waals surface area (Å²) in [6, 6.07) is 29.2. The molecule has 0 saturated carbocycles. The molecule has 4 rings (SSSR count). The number of halogens is 2. The van der Waals surface area contributed by atoms with Crippen molar-refractivity contribution in [3.63, 3.8) is 0 Å². The highest BCUT2D eigenvalue weighted by Crippen LogP contribution is 2.24. The van der Waals surface area contributed by atoms with Crippen LogP contribution >= 0.6 is 27.5 Å². The standard InChI is InChI=1S/C28H20BrClN2O5/c29-20-15-16-25(37-27(34)23-13-7-8-14-24(23)30)19(17-20)18-31-32-26(33)28(35-21-9-3-1-4-10-21)36-22-11-5-2-6-12-22/h1-18,28H,(H,32,33)/b31-18-. The number of benzene rings is 4. The predicted octanol–water partition coefficient (Wildman–Crippen LogP) is 6.26. The Morgan fingerprint density at radius 3 is 2.05 bits per heavy atom. The van der Waals surface area contributed by atoms with Crippen molar-refractivity contribution in [2.75, 3.05) is 0 Å². The molecule has 37 heavy (non-hydrogen) atoms. The van der Waals surface area contributed by atoms with Crippen LogP contribution in [-0.2, 0) is 4.79 Å². The molecule has 186 valence electrons. The highest BCUT2D eigenvalue weighted by molar-refractivity contribution is 9.10. The van der Waals surface area contributed by atoms with Gasteiger partial charge < -0.3 is 14.2 Å². The number of hydrogen-bond donors (Lipinski definition) is 1. The maximum atomic E-state index is 12.9. The largest absolute Gasteiger partial charge is 0.446 e. The van der Waals surface area contributed by atoms with Gasteiger partial charge in [0.2, 0.25) is 0 Å². The van der Waals surface area contributed by atoms with Crippen molar-refractivity contribution >= 4 is 45.6 Å². The highest BCUT2D eigenvalue weighted by Gasteiger charge is 2.22. The maximum Gasteiger partial charge on any atom is 0.345 e. The Labute approximate surface area is 226 Å². The van der Waals surface area contributed by atoms with E-state index in [1.165, 1.54) is 6.21 Å². The fraction of sp³-hybridized carbons (Fsp3) is 0.0357. The molecular weight excluding hydrogens is 560 g/mol. The lowest BCUT2D eigenvalue weighted by molar-refractivity contribution is -0.140. The second-order valence-electron chi connectivity index (χ2n) is 7.48. The van der Waals surface area contributed by atoms with Gasteiger partial charge in [0, 0.05) is 10.0 Å². The zero-order valence-electron chi connectivity index (χ0n) is 19.2. The summed E-state index contributed by atoms with van der Waals surface area (Å²) < 4.78 is 17.7. The number of ether oxygens (including phenoxy) is 3. The summed E-state index contributed by atoms with van der Waals surface area (Å²) in [6.45, 7) is 0. The molecule has 0 spiro atoms. The smallest absolute Gasteiger partial charge is 0.345 e. The molecular formula is C28H20BrClN2O5. The molecule has 0 unspecified atom stereocenters. The minimum Gasteiger partial charge on any atom is -0.446 e. The topological polar surface area (TPSA) is 86.2 Å². The van der Waals surface area contributed by atoms with Crippen molar-refractivity contribution in [3.8, 4) is 17.2 Å². The van der Waals surface area contributed by atoms with Gasteiger partial charge in [-0.05, 0) is 54.6 Å². The van der Waals surface area contributed by atoms with Gasteiger partial charge in [-0.15, -0.1) is 0 Å². The van der Waals surface area contributed by atoms with Crippen LogP contribution in [0.3, 0.4) is 0 Å². The summed E-state index contributed by atoms with van der Waals surface area (Å²) in [5.41, 5.74) is 3.07. The fourth-order valence-electron chi connectivity index (χ4n) is 3.09. The number of carbonyl (C=O) groups excluding carboxylic acids is 2. The molecule has 0 aromatic heterocycles. The summed E-state index contributed by atoms with van der Waals surface area (Å²) in [5, 5.41) is 4.30. The van der Waals surface area contributed by atoms with E-state index in [0.717, 1.165) is 4.47 Å². The van der Waals surface area contributed by atoms with Gasteiger partial charge in [-0.2, -0.15) is 5.10 Å². The second-order valence-corrected chi connectivity index (χ2v) is 8.80. The zero-order chi connectivity index (χ0) is 26.0. The summed E-state index contributed by atoms with van der Waals surface area (Å²) in [6.07, 6.45) is 0.0296. The average molecular weight is 580 g/mol. The summed E-state index contributed by atoms with van der Waals surface area (Å²) in [5.74, 6) is -0.150. The molecule has 0 bridgehead atoms. The number of rotatable bonds is 9. The predicted molar refractivity (Wildman–Crippen MR) is 144 cm³/mol. The van der Waals surface area contributed by atoms with Crippen LogP contribution in [0.5, 0.6) is 17.2 Å². The first-order valence-electron chi connectivity index (χ1n) is 11.0. The van der Waals surface area contributed by atoms with E-state index in [1.807, 2.05) is 12.1 Å². The first-order chi connectivity index (χ1) is 18.0. The van der Waals surface area contributed by atoms with E-state index in [-0.39, 0.29) is 16.3 Å². The van der Waals surface area contributed by atoms with Gasteiger partial charge in [-0.25, -0.2) is 10.2 Å². The van der Waals surface area contributed by atoms with Crippen molar-refractivity contribution in [1.29, 1.82) is 0 Å². The summed E-state index contributed by atoms with van der Waals surface area (Å²) in [4.78, 5) is 25.5. The van der Waals surface area contributed by atoms with E-state index in [0.29, 0.717) is 17.1 Å². The van der Waals surface area contributed by atoms with E-state index in [9.17, 15) is 9.59 Å². The van der Waals surface area contributed by atoms with Crippen molar-refractivity contribution in [2.24, 2.45) is 5.10 Å².